The van der Waals surface area contributed by atoms with Crippen molar-refractivity contribution >= 4 is 29.1 Å². The number of carbonyl (C=O) groups excluding carboxylic acids is 1. The van der Waals surface area contributed by atoms with Crippen molar-refractivity contribution in [1.29, 1.82) is 0 Å². The van der Waals surface area contributed by atoms with Crippen LogP contribution in [0.2, 0.25) is 5.02 Å². The number of carbonyl (C=O) groups is 1. The van der Waals surface area contributed by atoms with Gasteiger partial charge in [-0.15, -0.1) is 0 Å². The summed E-state index contributed by atoms with van der Waals surface area (Å²) in [5.74, 6) is 0. The second-order valence-electron chi connectivity index (χ2n) is 5.06. The fourth-order valence-electron chi connectivity index (χ4n) is 2.17. The second kappa shape index (κ2) is 8.08. The molecule has 3 aromatic rings. The number of rotatable bonds is 4. The first-order valence-electron chi connectivity index (χ1n) is 7.50. The van der Waals surface area contributed by atoms with Gasteiger partial charge in [-0.2, -0.15) is 0 Å². The maximum Gasteiger partial charge on any atom is 0.437 e. The number of amides is 1. The molecule has 0 saturated carbocycles. The van der Waals surface area contributed by atoms with Crippen LogP contribution in [0.1, 0.15) is 11.1 Å². The van der Waals surface area contributed by atoms with Crippen LogP contribution in [0.3, 0.4) is 0 Å². The average molecular weight is 352 g/mol. The number of nitrogens with zero attached hydrogens (tertiary/aromatic N) is 2. The van der Waals surface area contributed by atoms with E-state index in [1.165, 1.54) is 0 Å². The second-order valence-corrected chi connectivity index (χ2v) is 5.49. The van der Waals surface area contributed by atoms with Crippen molar-refractivity contribution in [3.8, 4) is 0 Å². The van der Waals surface area contributed by atoms with E-state index in [0.717, 1.165) is 11.1 Å². The predicted molar refractivity (Wildman–Crippen MR) is 97.9 cm³/mol. The summed E-state index contributed by atoms with van der Waals surface area (Å²) in [6, 6.07) is 19.8. The maximum atomic E-state index is 12.0. The number of hydrogen-bond donors (Lipinski definition) is 1. The first-order valence-corrected chi connectivity index (χ1v) is 7.87. The molecule has 0 saturated heterocycles. The molecule has 0 aliphatic carbocycles. The zero-order valence-electron chi connectivity index (χ0n) is 13.1. The van der Waals surface area contributed by atoms with Crippen LogP contribution in [0.5, 0.6) is 0 Å². The highest BCUT2D eigenvalue weighted by Gasteiger charge is 2.10. The first-order chi connectivity index (χ1) is 12.2. The van der Waals surface area contributed by atoms with Crippen LogP contribution in [0.4, 0.5) is 10.5 Å². The van der Waals surface area contributed by atoms with E-state index < -0.39 is 6.09 Å². The summed E-state index contributed by atoms with van der Waals surface area (Å²) in [4.78, 5) is 21.0. The summed E-state index contributed by atoms with van der Waals surface area (Å²) in [5.41, 5.74) is 2.67. The monoisotopic (exact) mass is 351 g/mol. The summed E-state index contributed by atoms with van der Waals surface area (Å²) in [7, 11) is 0. The summed E-state index contributed by atoms with van der Waals surface area (Å²) >= 11 is 5.89. The van der Waals surface area contributed by atoms with E-state index in [-0.39, 0.29) is 0 Å². The minimum atomic E-state index is -0.704. The van der Waals surface area contributed by atoms with Crippen LogP contribution in [-0.4, -0.2) is 16.8 Å². The van der Waals surface area contributed by atoms with Crippen molar-refractivity contribution in [2.24, 2.45) is 5.16 Å². The van der Waals surface area contributed by atoms with Crippen LogP contribution in [0.25, 0.3) is 0 Å². The lowest BCUT2D eigenvalue weighted by atomic mass is 10.0. The molecular weight excluding hydrogens is 338 g/mol. The van der Waals surface area contributed by atoms with Crippen LogP contribution in [0, 0.1) is 0 Å². The maximum absolute atomic E-state index is 12.0. The van der Waals surface area contributed by atoms with E-state index in [4.69, 9.17) is 16.4 Å². The quantitative estimate of drug-likeness (QED) is 0.419. The van der Waals surface area contributed by atoms with Crippen molar-refractivity contribution < 1.29 is 9.63 Å². The summed E-state index contributed by atoms with van der Waals surface area (Å²) in [6.45, 7) is 0. The van der Waals surface area contributed by atoms with E-state index in [1.807, 2.05) is 30.3 Å². The lowest BCUT2D eigenvalue weighted by Gasteiger charge is -2.07. The third-order valence-corrected chi connectivity index (χ3v) is 3.53. The molecule has 2 aromatic carbocycles. The number of oxime groups is 1. The van der Waals surface area contributed by atoms with Gasteiger partial charge in [0.25, 0.3) is 0 Å². The van der Waals surface area contributed by atoms with Gasteiger partial charge in [-0.05, 0) is 30.3 Å². The number of nitrogens with one attached hydrogen (secondary N) is 1. The molecule has 6 heteroatoms. The van der Waals surface area contributed by atoms with Gasteiger partial charge in [0.05, 0.1) is 0 Å². The molecule has 3 rings (SSSR count). The molecule has 0 bridgehead atoms. The zero-order chi connectivity index (χ0) is 17.5. The molecule has 124 valence electrons. The Bertz CT molecular complexity index is 842. The highest BCUT2D eigenvalue weighted by atomic mass is 35.5. The van der Waals surface area contributed by atoms with Gasteiger partial charge < -0.3 is 0 Å². The van der Waals surface area contributed by atoms with E-state index in [1.54, 1.807) is 48.8 Å². The third-order valence-electron chi connectivity index (χ3n) is 3.29. The Labute approximate surface area is 149 Å². The molecular formula is C19H14ClN3O2. The normalized spacial score (nSPS) is 11.0. The summed E-state index contributed by atoms with van der Waals surface area (Å²) in [5, 5.41) is 7.12. The molecule has 0 aliphatic heterocycles. The van der Waals surface area contributed by atoms with Crippen molar-refractivity contribution in [2.45, 2.75) is 0 Å². The molecule has 1 aromatic heterocycles. The molecule has 25 heavy (non-hydrogen) atoms. The van der Waals surface area contributed by atoms with Gasteiger partial charge >= 0.3 is 6.09 Å². The number of anilines is 1. The molecule has 0 aliphatic rings. The van der Waals surface area contributed by atoms with E-state index >= 15 is 0 Å². The number of aromatic nitrogens is 1. The summed E-state index contributed by atoms with van der Waals surface area (Å²) < 4.78 is 0. The van der Waals surface area contributed by atoms with Gasteiger partial charge in [-0.3, -0.25) is 15.1 Å². The largest absolute Gasteiger partial charge is 0.437 e. The van der Waals surface area contributed by atoms with Crippen LogP contribution < -0.4 is 5.32 Å². The fourth-order valence-corrected chi connectivity index (χ4v) is 2.36. The molecule has 0 radical (unpaired) electrons. The molecule has 0 atom stereocenters. The average Bonchev–Trinajstić information content (AvgIpc) is 2.64. The van der Waals surface area contributed by atoms with Gasteiger partial charge in [-0.25, -0.2) is 4.79 Å². The van der Waals surface area contributed by atoms with E-state index in [2.05, 4.69) is 15.5 Å². The number of hydrogen-bond acceptors (Lipinski definition) is 4. The minimum Gasteiger partial charge on any atom is -0.297 e. The lowest BCUT2D eigenvalue weighted by molar-refractivity contribution is 0.166. The van der Waals surface area contributed by atoms with E-state index in [9.17, 15) is 4.79 Å². The standard InChI is InChI=1S/C19H14ClN3O2/c20-16-7-4-8-17(13-16)22-19(24)25-23-18(14-5-2-1-3-6-14)15-9-11-21-12-10-15/h1-13H,(H,22,24)/b23-18+. The zero-order valence-corrected chi connectivity index (χ0v) is 13.9. The molecule has 0 unspecified atom stereocenters. The minimum absolute atomic E-state index is 0.517. The molecule has 0 spiro atoms. The Kier molecular flexibility index (Phi) is 5.39. The SMILES string of the molecule is O=C(Nc1cccc(Cl)c1)O/N=C(\c1ccccc1)c1ccncc1. The topological polar surface area (TPSA) is 63.6 Å². The van der Waals surface area contributed by atoms with Crippen LogP contribution in [-0.2, 0) is 4.84 Å². The van der Waals surface area contributed by atoms with Gasteiger partial charge in [-0.1, -0.05) is 53.2 Å². The Morgan fingerprint density at radius 1 is 0.960 bits per heavy atom. The van der Waals surface area contributed by atoms with Crippen molar-refractivity contribution in [1.82, 2.24) is 4.98 Å². The highest BCUT2D eigenvalue weighted by Crippen LogP contribution is 2.15. The number of halogens is 1. The van der Waals surface area contributed by atoms with Crippen LogP contribution in [0.15, 0.2) is 84.3 Å². The first kappa shape index (κ1) is 16.7. The Morgan fingerprint density at radius 3 is 2.40 bits per heavy atom. The third kappa shape index (κ3) is 4.65. The molecule has 5 nitrogen and oxygen atoms in total. The van der Waals surface area contributed by atoms with Gasteiger partial charge in [0, 0.05) is 34.2 Å². The Balaban J connectivity index is 1.80. The van der Waals surface area contributed by atoms with Gasteiger partial charge in [0.2, 0.25) is 0 Å². The predicted octanol–water partition coefficient (Wildman–Crippen LogP) is 4.74. The fraction of sp³-hybridized carbons (Fsp3) is 0. The van der Waals surface area contributed by atoms with E-state index in [0.29, 0.717) is 16.4 Å². The molecule has 0 fully saturated rings. The number of pyridine rings is 1. The van der Waals surface area contributed by atoms with Gasteiger partial charge in [0.15, 0.2) is 0 Å². The number of benzene rings is 2. The van der Waals surface area contributed by atoms with Crippen LogP contribution >= 0.6 is 11.6 Å². The Morgan fingerprint density at radius 2 is 1.68 bits per heavy atom. The molecule has 1 heterocycles. The highest BCUT2D eigenvalue weighted by molar-refractivity contribution is 6.30. The van der Waals surface area contributed by atoms with Crippen molar-refractivity contribution in [2.75, 3.05) is 5.32 Å². The smallest absolute Gasteiger partial charge is 0.297 e. The van der Waals surface area contributed by atoms with Crippen molar-refractivity contribution in [3.05, 3.63) is 95.3 Å². The molecule has 1 amide bonds. The van der Waals surface area contributed by atoms with Crippen molar-refractivity contribution in [3.63, 3.8) is 0 Å². The lowest BCUT2D eigenvalue weighted by Crippen LogP contribution is -2.13. The molecule has 1 N–H and O–H groups in total. The van der Waals surface area contributed by atoms with Gasteiger partial charge in [0.1, 0.15) is 5.71 Å². The summed E-state index contributed by atoms with van der Waals surface area (Å²) in [6.07, 6.45) is 2.60. The Hall–Kier alpha value is -3.18.